The Morgan fingerprint density at radius 1 is 0.761 bits per heavy atom. The van der Waals surface area contributed by atoms with Crippen LogP contribution in [0.4, 0.5) is 10.5 Å². The fraction of sp³-hybridized carbons (Fsp3) is 0.171. The molecule has 1 saturated heterocycles. The number of hydrogen-bond donors (Lipinski definition) is 1. The fourth-order valence-electron chi connectivity index (χ4n) is 4.68. The van der Waals surface area contributed by atoms with E-state index in [1.165, 1.54) is 13.2 Å². The van der Waals surface area contributed by atoms with Crippen molar-refractivity contribution in [3.63, 3.8) is 0 Å². The van der Waals surface area contributed by atoms with Crippen LogP contribution in [0, 0.1) is 0 Å². The molecule has 10 nitrogen and oxygen atoms in total. The van der Waals surface area contributed by atoms with E-state index in [0.717, 1.165) is 16.0 Å². The Morgan fingerprint density at radius 2 is 1.50 bits per heavy atom. The van der Waals surface area contributed by atoms with Gasteiger partial charge in [0.15, 0.2) is 23.0 Å². The van der Waals surface area contributed by atoms with Gasteiger partial charge in [0.2, 0.25) is 0 Å². The summed E-state index contributed by atoms with van der Waals surface area (Å²) in [5.41, 5.74) is 2.23. The zero-order chi connectivity index (χ0) is 32.6. The van der Waals surface area contributed by atoms with Crippen molar-refractivity contribution in [3.8, 4) is 28.7 Å². The number of methoxy groups -OCH3 is 2. The van der Waals surface area contributed by atoms with E-state index in [9.17, 15) is 14.4 Å². The summed E-state index contributed by atoms with van der Waals surface area (Å²) in [4.78, 5) is 39.6. The van der Waals surface area contributed by atoms with Crippen molar-refractivity contribution in [3.05, 3.63) is 112 Å². The molecular weight excluding hydrogens is 612 g/mol. The van der Waals surface area contributed by atoms with Crippen LogP contribution in [0.15, 0.2) is 90.5 Å². The Morgan fingerprint density at radius 3 is 2.20 bits per heavy atom. The highest BCUT2D eigenvalue weighted by molar-refractivity contribution is 6.39. The second-order valence-corrected chi connectivity index (χ2v) is 10.4. The van der Waals surface area contributed by atoms with Crippen LogP contribution in [0.25, 0.3) is 6.08 Å². The lowest BCUT2D eigenvalue weighted by Crippen LogP contribution is -2.54. The van der Waals surface area contributed by atoms with Crippen molar-refractivity contribution in [1.82, 2.24) is 5.32 Å². The topological polar surface area (TPSA) is 113 Å². The quantitative estimate of drug-likeness (QED) is 0.136. The number of urea groups is 1. The number of halogens is 1. The molecule has 1 aliphatic heterocycles. The molecule has 0 bridgehead atoms. The third kappa shape index (κ3) is 7.24. The molecule has 1 fully saturated rings. The Hall–Kier alpha value is -5.48. The lowest BCUT2D eigenvalue weighted by atomic mass is 10.1. The second kappa shape index (κ2) is 14.5. The highest BCUT2D eigenvalue weighted by Gasteiger charge is 2.37. The molecule has 4 amide bonds. The van der Waals surface area contributed by atoms with Crippen molar-refractivity contribution >= 4 is 41.2 Å². The van der Waals surface area contributed by atoms with Crippen LogP contribution in [0.1, 0.15) is 23.6 Å². The van der Waals surface area contributed by atoms with Crippen molar-refractivity contribution in [2.45, 2.75) is 20.1 Å². The minimum atomic E-state index is -0.860. The number of rotatable bonds is 12. The van der Waals surface area contributed by atoms with E-state index in [1.54, 1.807) is 50.4 Å². The van der Waals surface area contributed by atoms with Gasteiger partial charge in [-0.1, -0.05) is 48.0 Å². The van der Waals surface area contributed by atoms with Gasteiger partial charge in [0, 0.05) is 0 Å². The molecule has 0 atom stereocenters. The van der Waals surface area contributed by atoms with Crippen molar-refractivity contribution in [2.24, 2.45) is 0 Å². The monoisotopic (exact) mass is 642 g/mol. The number of barbiturate groups is 1. The Bertz CT molecular complexity index is 1770. The zero-order valence-electron chi connectivity index (χ0n) is 25.4. The molecule has 1 aliphatic rings. The van der Waals surface area contributed by atoms with Gasteiger partial charge >= 0.3 is 6.03 Å². The van der Waals surface area contributed by atoms with Crippen LogP contribution in [-0.4, -0.2) is 38.7 Å². The molecule has 1 N–H and O–H groups in total. The van der Waals surface area contributed by atoms with E-state index in [4.69, 9.17) is 35.3 Å². The molecule has 0 saturated carbocycles. The van der Waals surface area contributed by atoms with E-state index in [-0.39, 0.29) is 28.6 Å². The normalized spacial score (nSPS) is 13.8. The predicted molar refractivity (Wildman–Crippen MR) is 173 cm³/mol. The SMILES string of the molecule is CCOc1cc(/C=C2\C(=O)NC(=O)N(c3ccc(OC)cc3)C2=O)cc(Cl)c1OCc1ccc(OCc2ccccc2)c(OC)c1. The summed E-state index contributed by atoms with van der Waals surface area (Å²) < 4.78 is 28.5. The first-order valence-corrected chi connectivity index (χ1v) is 14.7. The average Bonchev–Trinajstić information content (AvgIpc) is 3.06. The number of anilines is 1. The summed E-state index contributed by atoms with van der Waals surface area (Å²) in [6, 6.07) is 23.9. The van der Waals surface area contributed by atoms with Gasteiger partial charge in [-0.25, -0.2) is 9.69 Å². The molecular formula is C35H31ClN2O8. The predicted octanol–water partition coefficient (Wildman–Crippen LogP) is 6.58. The summed E-state index contributed by atoms with van der Waals surface area (Å²) in [6.45, 7) is 2.63. The number of nitrogens with zero attached hydrogens (tertiary/aromatic N) is 1. The zero-order valence-corrected chi connectivity index (χ0v) is 26.1. The van der Waals surface area contributed by atoms with Gasteiger partial charge in [0.05, 0.1) is 31.5 Å². The number of carbonyl (C=O) groups is 3. The van der Waals surface area contributed by atoms with Gasteiger partial charge in [-0.05, 0) is 78.2 Å². The van der Waals surface area contributed by atoms with Crippen LogP contribution in [0.5, 0.6) is 28.7 Å². The number of imide groups is 2. The number of carbonyl (C=O) groups excluding carboxylic acids is 3. The second-order valence-electron chi connectivity index (χ2n) is 9.97. The maximum Gasteiger partial charge on any atom is 0.335 e. The number of amides is 4. The molecule has 0 aromatic heterocycles. The fourth-order valence-corrected chi connectivity index (χ4v) is 4.95. The first kappa shape index (κ1) is 31.9. The molecule has 4 aromatic rings. The van der Waals surface area contributed by atoms with Gasteiger partial charge < -0.3 is 23.7 Å². The molecule has 0 unspecified atom stereocenters. The van der Waals surface area contributed by atoms with Crippen molar-refractivity contribution in [2.75, 3.05) is 25.7 Å². The lowest BCUT2D eigenvalue weighted by Gasteiger charge is -2.26. The van der Waals surface area contributed by atoms with Crippen LogP contribution in [-0.2, 0) is 22.8 Å². The van der Waals surface area contributed by atoms with E-state index in [2.05, 4.69) is 5.32 Å². The third-order valence-corrected chi connectivity index (χ3v) is 7.20. The number of nitrogens with one attached hydrogen (secondary N) is 1. The largest absolute Gasteiger partial charge is 0.497 e. The van der Waals surface area contributed by atoms with Crippen molar-refractivity contribution < 1.29 is 38.1 Å². The first-order chi connectivity index (χ1) is 22.3. The maximum absolute atomic E-state index is 13.4. The summed E-state index contributed by atoms with van der Waals surface area (Å²) >= 11 is 6.65. The highest BCUT2D eigenvalue weighted by Crippen LogP contribution is 2.39. The molecule has 0 radical (unpaired) electrons. The van der Waals surface area contributed by atoms with Crippen LogP contribution >= 0.6 is 11.6 Å². The maximum atomic E-state index is 13.4. The number of benzene rings is 4. The molecule has 46 heavy (non-hydrogen) atoms. The molecule has 236 valence electrons. The Kier molecular flexibility index (Phi) is 10.1. The molecule has 5 rings (SSSR count). The Labute approximate surface area is 271 Å². The number of ether oxygens (including phenoxy) is 5. The highest BCUT2D eigenvalue weighted by atomic mass is 35.5. The minimum absolute atomic E-state index is 0.134. The van der Waals surface area contributed by atoms with Gasteiger partial charge in [-0.15, -0.1) is 0 Å². The average molecular weight is 643 g/mol. The van der Waals surface area contributed by atoms with Gasteiger partial charge in [0.1, 0.15) is 24.5 Å². The molecule has 0 aliphatic carbocycles. The van der Waals surface area contributed by atoms with E-state index >= 15 is 0 Å². The molecule has 1 heterocycles. The standard InChI is InChI=1S/C35H31ClN2O8/c1-4-44-31-19-24(16-27-33(39)37-35(41)38(34(27)40)25-11-13-26(42-2)14-12-25)17-28(36)32(31)46-21-23-10-15-29(30(18-23)43-3)45-20-22-8-6-5-7-9-22/h5-19H,4,20-21H2,1-3H3,(H,37,39,41)/b27-16+. The van der Waals surface area contributed by atoms with E-state index in [0.29, 0.717) is 41.8 Å². The summed E-state index contributed by atoms with van der Waals surface area (Å²) in [7, 11) is 3.07. The van der Waals surface area contributed by atoms with E-state index in [1.807, 2.05) is 48.5 Å². The van der Waals surface area contributed by atoms with Crippen LogP contribution in [0.2, 0.25) is 5.02 Å². The molecule has 0 spiro atoms. The minimum Gasteiger partial charge on any atom is -0.497 e. The van der Waals surface area contributed by atoms with Crippen LogP contribution < -0.4 is 33.9 Å². The summed E-state index contributed by atoms with van der Waals surface area (Å²) in [5.74, 6) is 0.649. The first-order valence-electron chi connectivity index (χ1n) is 14.3. The van der Waals surface area contributed by atoms with E-state index < -0.39 is 17.8 Å². The number of hydrogen-bond acceptors (Lipinski definition) is 8. The Balaban J connectivity index is 1.35. The van der Waals surface area contributed by atoms with Crippen LogP contribution in [0.3, 0.4) is 0 Å². The van der Waals surface area contributed by atoms with Gasteiger partial charge in [-0.2, -0.15) is 0 Å². The summed E-state index contributed by atoms with van der Waals surface area (Å²) in [6.07, 6.45) is 1.35. The smallest absolute Gasteiger partial charge is 0.335 e. The summed E-state index contributed by atoms with van der Waals surface area (Å²) in [5, 5.41) is 2.40. The molecule has 4 aromatic carbocycles. The molecule has 11 heteroatoms. The lowest BCUT2D eigenvalue weighted by molar-refractivity contribution is -0.122. The van der Waals surface area contributed by atoms with Crippen molar-refractivity contribution in [1.29, 1.82) is 0 Å². The third-order valence-electron chi connectivity index (χ3n) is 6.92. The van der Waals surface area contributed by atoms with Gasteiger partial charge in [0.25, 0.3) is 11.8 Å². The van der Waals surface area contributed by atoms with Gasteiger partial charge in [-0.3, -0.25) is 14.9 Å².